The molecule has 4 aromatic rings. The molecule has 0 radical (unpaired) electrons. The third kappa shape index (κ3) is 3.42. The lowest BCUT2D eigenvalue weighted by atomic mass is 10.1. The predicted molar refractivity (Wildman–Crippen MR) is 125 cm³/mol. The summed E-state index contributed by atoms with van der Waals surface area (Å²) in [5.74, 6) is 0.0690. The zero-order valence-electron chi connectivity index (χ0n) is 17.5. The Bertz CT molecular complexity index is 1460. The Labute approximate surface area is 187 Å². The van der Waals surface area contributed by atoms with Crippen molar-refractivity contribution in [1.82, 2.24) is 9.13 Å². The normalized spacial score (nSPS) is 12.7. The Kier molecular flexibility index (Phi) is 5.14. The van der Waals surface area contributed by atoms with Crippen molar-refractivity contribution in [1.29, 1.82) is 0 Å². The van der Waals surface area contributed by atoms with Crippen LogP contribution in [0.25, 0.3) is 15.9 Å². The van der Waals surface area contributed by atoms with Gasteiger partial charge in [-0.05, 0) is 66.1 Å². The Morgan fingerprint density at radius 2 is 1.91 bits per heavy atom. The van der Waals surface area contributed by atoms with Gasteiger partial charge >= 0.3 is 5.69 Å². The van der Waals surface area contributed by atoms with E-state index in [1.807, 2.05) is 18.2 Å². The van der Waals surface area contributed by atoms with E-state index < -0.39 is 11.2 Å². The molecule has 0 saturated heterocycles. The highest BCUT2D eigenvalue weighted by Crippen LogP contribution is 2.25. The molecule has 0 atom stereocenters. The highest BCUT2D eigenvalue weighted by Gasteiger charge is 2.20. The number of thiophene rings is 1. The molecule has 5 rings (SSSR count). The Hall–Kier alpha value is -3.65. The van der Waals surface area contributed by atoms with Crippen molar-refractivity contribution in [2.24, 2.45) is 0 Å². The van der Waals surface area contributed by atoms with Crippen molar-refractivity contribution in [2.75, 3.05) is 12.4 Å². The molecule has 0 unspecified atom stereocenters. The average molecular weight is 448 g/mol. The van der Waals surface area contributed by atoms with E-state index in [1.165, 1.54) is 34.1 Å². The van der Waals surface area contributed by atoms with Gasteiger partial charge in [0.25, 0.3) is 5.56 Å². The van der Waals surface area contributed by atoms with E-state index in [0.717, 1.165) is 23.8 Å². The molecule has 1 amide bonds. The first-order valence-corrected chi connectivity index (χ1v) is 11.2. The van der Waals surface area contributed by atoms with Crippen molar-refractivity contribution in [3.63, 3.8) is 0 Å². The minimum absolute atomic E-state index is 0.210. The fourth-order valence-corrected chi connectivity index (χ4v) is 5.08. The van der Waals surface area contributed by atoms with Crippen LogP contribution in [-0.4, -0.2) is 22.2 Å². The third-order valence-electron chi connectivity index (χ3n) is 5.76. The van der Waals surface area contributed by atoms with Gasteiger partial charge in [0, 0.05) is 5.69 Å². The molecule has 0 saturated carbocycles. The lowest BCUT2D eigenvalue weighted by Crippen LogP contribution is -2.40. The van der Waals surface area contributed by atoms with E-state index in [9.17, 15) is 14.4 Å². The van der Waals surface area contributed by atoms with E-state index in [4.69, 9.17) is 4.74 Å². The molecule has 2 heterocycles. The number of aromatic nitrogens is 2. The number of anilines is 1. The maximum atomic E-state index is 13.4. The van der Waals surface area contributed by atoms with Crippen LogP contribution in [0.2, 0.25) is 0 Å². The summed E-state index contributed by atoms with van der Waals surface area (Å²) in [6, 6.07) is 14.5. The summed E-state index contributed by atoms with van der Waals surface area (Å²) in [4.78, 5) is 39.4. The molecule has 1 N–H and O–H groups in total. The number of benzene rings is 2. The highest BCUT2D eigenvalue weighted by molar-refractivity contribution is 7.17. The lowest BCUT2D eigenvalue weighted by molar-refractivity contribution is -0.116. The summed E-state index contributed by atoms with van der Waals surface area (Å²) in [6.45, 7) is -0.210. The number of hydrogen-bond acceptors (Lipinski definition) is 5. The molecular weight excluding hydrogens is 426 g/mol. The van der Waals surface area contributed by atoms with Crippen LogP contribution in [0.3, 0.4) is 0 Å². The monoisotopic (exact) mass is 447 g/mol. The van der Waals surface area contributed by atoms with E-state index in [1.54, 1.807) is 35.7 Å². The molecule has 7 nitrogen and oxygen atoms in total. The Morgan fingerprint density at radius 3 is 2.75 bits per heavy atom. The first kappa shape index (κ1) is 20.3. The van der Waals surface area contributed by atoms with E-state index in [0.29, 0.717) is 27.3 Å². The standard InChI is InChI=1S/C24H21N3O4S/c1-31-20-8-3-2-7-18(20)27-23(29)22-19(11-12-32-22)26(24(27)30)14-21(28)25-17-10-9-15-5-4-6-16(15)13-17/h2-3,7-13H,4-6,14H2,1H3,(H,25,28). The summed E-state index contributed by atoms with van der Waals surface area (Å²) in [6.07, 6.45) is 3.21. The molecule has 162 valence electrons. The second-order valence-electron chi connectivity index (χ2n) is 7.70. The van der Waals surface area contributed by atoms with Crippen LogP contribution in [0.4, 0.5) is 5.69 Å². The Morgan fingerprint density at radius 1 is 1.09 bits per heavy atom. The fraction of sp³-hybridized carbons (Fsp3) is 0.208. The molecule has 2 aromatic heterocycles. The molecule has 1 aliphatic carbocycles. The number of rotatable bonds is 5. The molecule has 2 aromatic carbocycles. The number of carbonyl (C=O) groups excluding carboxylic acids is 1. The number of ether oxygens (including phenoxy) is 1. The van der Waals surface area contributed by atoms with E-state index in [-0.39, 0.29) is 12.5 Å². The Balaban J connectivity index is 1.55. The van der Waals surface area contributed by atoms with Crippen LogP contribution in [0.5, 0.6) is 5.75 Å². The van der Waals surface area contributed by atoms with Crippen LogP contribution < -0.4 is 21.3 Å². The molecule has 0 fully saturated rings. The predicted octanol–water partition coefficient (Wildman–Crippen LogP) is 3.35. The number of nitrogens with one attached hydrogen (secondary N) is 1. The minimum Gasteiger partial charge on any atom is -0.495 e. The van der Waals surface area contributed by atoms with Crippen LogP contribution in [0.15, 0.2) is 63.5 Å². The molecule has 8 heteroatoms. The smallest absolute Gasteiger partial charge is 0.336 e. The molecule has 0 spiro atoms. The molecule has 0 bridgehead atoms. The number of aryl methyl sites for hydroxylation is 2. The zero-order valence-corrected chi connectivity index (χ0v) is 18.3. The van der Waals surface area contributed by atoms with Gasteiger partial charge in [0.1, 0.15) is 17.0 Å². The number of fused-ring (bicyclic) bond motifs is 2. The van der Waals surface area contributed by atoms with E-state index in [2.05, 4.69) is 5.32 Å². The number of methoxy groups -OCH3 is 1. The number of para-hydroxylation sites is 2. The number of carbonyl (C=O) groups is 1. The highest BCUT2D eigenvalue weighted by atomic mass is 32.1. The van der Waals surface area contributed by atoms with Gasteiger partial charge in [-0.25, -0.2) is 9.36 Å². The molecular formula is C24H21N3O4S. The zero-order chi connectivity index (χ0) is 22.2. The van der Waals surface area contributed by atoms with Crippen molar-refractivity contribution in [2.45, 2.75) is 25.8 Å². The summed E-state index contributed by atoms with van der Waals surface area (Å²) < 4.78 is 8.17. The summed E-state index contributed by atoms with van der Waals surface area (Å²) >= 11 is 1.24. The summed E-state index contributed by atoms with van der Waals surface area (Å²) in [7, 11) is 1.48. The number of nitrogens with zero attached hydrogens (tertiary/aromatic N) is 2. The van der Waals surface area contributed by atoms with Crippen LogP contribution >= 0.6 is 11.3 Å². The number of amides is 1. The lowest BCUT2D eigenvalue weighted by Gasteiger charge is -2.14. The van der Waals surface area contributed by atoms with Gasteiger partial charge in [-0.15, -0.1) is 11.3 Å². The van der Waals surface area contributed by atoms with Crippen LogP contribution in [-0.2, 0) is 24.2 Å². The largest absolute Gasteiger partial charge is 0.495 e. The average Bonchev–Trinajstić information content (AvgIpc) is 3.46. The summed E-state index contributed by atoms with van der Waals surface area (Å²) in [5, 5.41) is 4.64. The van der Waals surface area contributed by atoms with E-state index >= 15 is 0 Å². The topological polar surface area (TPSA) is 82.3 Å². The quantitative estimate of drug-likeness (QED) is 0.509. The molecule has 32 heavy (non-hydrogen) atoms. The van der Waals surface area contributed by atoms with Gasteiger partial charge in [-0.2, -0.15) is 0 Å². The molecule has 0 aliphatic heterocycles. The third-order valence-corrected chi connectivity index (χ3v) is 6.66. The second kappa shape index (κ2) is 8.12. The van der Waals surface area contributed by atoms with Gasteiger partial charge in [0.15, 0.2) is 0 Å². The summed E-state index contributed by atoms with van der Waals surface area (Å²) in [5.41, 5.74) is 3.05. The van der Waals surface area contributed by atoms with Crippen LogP contribution in [0.1, 0.15) is 17.5 Å². The van der Waals surface area contributed by atoms with Gasteiger partial charge in [0.2, 0.25) is 5.91 Å². The van der Waals surface area contributed by atoms with Crippen molar-refractivity contribution >= 4 is 33.1 Å². The first-order valence-electron chi connectivity index (χ1n) is 10.3. The van der Waals surface area contributed by atoms with Gasteiger partial charge in [-0.3, -0.25) is 14.2 Å². The minimum atomic E-state index is -0.588. The first-order chi connectivity index (χ1) is 15.6. The van der Waals surface area contributed by atoms with Gasteiger partial charge in [0.05, 0.1) is 18.3 Å². The van der Waals surface area contributed by atoms with Gasteiger partial charge < -0.3 is 10.1 Å². The van der Waals surface area contributed by atoms with Crippen LogP contribution in [0, 0.1) is 0 Å². The maximum Gasteiger partial charge on any atom is 0.336 e. The second-order valence-corrected chi connectivity index (χ2v) is 8.62. The molecule has 1 aliphatic rings. The maximum absolute atomic E-state index is 13.4. The van der Waals surface area contributed by atoms with Crippen molar-refractivity contribution in [3.05, 3.63) is 85.9 Å². The van der Waals surface area contributed by atoms with Crippen molar-refractivity contribution in [3.8, 4) is 11.4 Å². The number of hydrogen-bond donors (Lipinski definition) is 1. The fourth-order valence-electron chi connectivity index (χ4n) is 4.26. The van der Waals surface area contributed by atoms with Crippen molar-refractivity contribution < 1.29 is 9.53 Å². The SMILES string of the molecule is COc1ccccc1-n1c(=O)c2sccc2n(CC(=O)Nc2ccc3c(c2)CCC3)c1=O. The van der Waals surface area contributed by atoms with Gasteiger partial charge in [-0.1, -0.05) is 18.2 Å².